The van der Waals surface area contributed by atoms with Crippen LogP contribution >= 0.6 is 0 Å². The molecule has 0 radical (unpaired) electrons. The SMILES string of the molecule is COC(=O)N[C@H](C(=O)N1CCC[C@H]1c1ncc(-c2ccc3c(c2)CN(C)c2ccc(-c4cnc([C@@H]5CCCN5C(=O)[C@@H](NC(=O)OC)C(C)C)[nH]4)cc2CN3C)[nH]1)C(C)C. The number of aromatic nitrogens is 4. The van der Waals surface area contributed by atoms with E-state index in [4.69, 9.17) is 19.4 Å². The number of anilines is 2. The summed E-state index contributed by atoms with van der Waals surface area (Å²) in [5.41, 5.74) is 8.36. The van der Waals surface area contributed by atoms with Crippen LogP contribution in [0.25, 0.3) is 22.5 Å². The Hall–Kier alpha value is -6.06. The molecular formula is C44H58N10O6. The molecule has 0 aliphatic carbocycles. The van der Waals surface area contributed by atoms with E-state index in [0.717, 1.165) is 71.2 Å². The van der Waals surface area contributed by atoms with Crippen LogP contribution in [-0.4, -0.2) is 107 Å². The molecule has 60 heavy (non-hydrogen) atoms. The lowest BCUT2D eigenvalue weighted by Crippen LogP contribution is -2.51. The van der Waals surface area contributed by atoms with Crippen LogP contribution in [0, 0.1) is 11.8 Å². The van der Waals surface area contributed by atoms with Crippen LogP contribution in [0.3, 0.4) is 0 Å². The highest BCUT2D eigenvalue weighted by Gasteiger charge is 2.39. The van der Waals surface area contributed by atoms with E-state index in [-0.39, 0.29) is 35.7 Å². The summed E-state index contributed by atoms with van der Waals surface area (Å²) in [5, 5.41) is 5.43. The summed E-state index contributed by atoms with van der Waals surface area (Å²) < 4.78 is 9.58. The Kier molecular flexibility index (Phi) is 12.4. The van der Waals surface area contributed by atoms with Gasteiger partial charge in [0.15, 0.2) is 0 Å². The summed E-state index contributed by atoms with van der Waals surface area (Å²) in [4.78, 5) is 76.2. The number of benzene rings is 2. The van der Waals surface area contributed by atoms with Gasteiger partial charge in [0.2, 0.25) is 11.8 Å². The summed E-state index contributed by atoms with van der Waals surface area (Å²) in [6.07, 6.45) is 5.68. The standard InChI is InChI=1S/C44H58N10O6/c1-25(2)37(49-43(57)59-7)41(55)53-17-9-11-35(53)39-45-21-31(47-39)27-13-15-33-29(19-27)23-51(5)34-16-14-28(20-30(34)24-52(33)6)32-22-46-40(48-32)36-12-10-18-54(36)42(56)38(26(3)4)50-44(58)60-8/h13-16,19-22,25-26,35-38H,9-12,17-18,23-24H2,1-8H3,(H,45,47)(H,46,48)(H,49,57)(H,50,58)/t35-,36-,37-,38-/m0/s1. The molecule has 0 spiro atoms. The molecule has 16 nitrogen and oxygen atoms in total. The number of aromatic amines is 2. The van der Waals surface area contributed by atoms with Crippen LogP contribution in [0.5, 0.6) is 0 Å². The fourth-order valence-corrected chi connectivity index (χ4v) is 8.88. The highest BCUT2D eigenvalue weighted by molar-refractivity contribution is 5.87. The van der Waals surface area contributed by atoms with Gasteiger partial charge in [-0.25, -0.2) is 19.6 Å². The maximum atomic E-state index is 13.7. The van der Waals surface area contributed by atoms with Crippen LogP contribution in [-0.2, 0) is 32.2 Å². The number of imidazole rings is 2. The number of carbonyl (C=O) groups is 4. The Morgan fingerprint density at radius 3 is 1.43 bits per heavy atom. The van der Waals surface area contributed by atoms with Gasteiger partial charge in [0.1, 0.15) is 23.7 Å². The van der Waals surface area contributed by atoms with Gasteiger partial charge in [0.05, 0.1) is 50.1 Å². The van der Waals surface area contributed by atoms with E-state index in [0.29, 0.717) is 26.2 Å². The Morgan fingerprint density at radius 2 is 1.07 bits per heavy atom. The zero-order valence-corrected chi connectivity index (χ0v) is 35.9. The van der Waals surface area contributed by atoms with Gasteiger partial charge in [-0.15, -0.1) is 0 Å². The van der Waals surface area contributed by atoms with Crippen molar-refractivity contribution in [3.8, 4) is 22.5 Å². The second kappa shape index (κ2) is 17.7. The Bertz CT molecular complexity index is 2060. The molecule has 2 fully saturated rings. The third kappa shape index (κ3) is 8.50. The van der Waals surface area contributed by atoms with Gasteiger partial charge in [-0.3, -0.25) is 9.59 Å². The zero-order chi connectivity index (χ0) is 42.8. The molecule has 320 valence electrons. The molecule has 4 aromatic rings. The lowest BCUT2D eigenvalue weighted by atomic mass is 10.00. The topological polar surface area (TPSA) is 181 Å². The molecule has 4 amide bonds. The lowest BCUT2D eigenvalue weighted by Gasteiger charge is -2.32. The number of hydrogen-bond donors (Lipinski definition) is 4. The number of nitrogens with one attached hydrogen (secondary N) is 4. The molecular weight excluding hydrogens is 765 g/mol. The molecule has 0 bridgehead atoms. The predicted octanol–water partition coefficient (Wildman–Crippen LogP) is 6.14. The second-order valence-corrected chi connectivity index (χ2v) is 16.9. The first-order valence-electron chi connectivity index (χ1n) is 20.9. The van der Waals surface area contributed by atoms with E-state index in [2.05, 4.69) is 80.9 Å². The smallest absolute Gasteiger partial charge is 0.407 e. The van der Waals surface area contributed by atoms with Crippen LogP contribution in [0.1, 0.15) is 88.2 Å². The number of rotatable bonds is 10. The van der Waals surface area contributed by atoms with E-state index in [1.807, 2.05) is 49.9 Å². The molecule has 2 aromatic carbocycles. The van der Waals surface area contributed by atoms with Crippen molar-refractivity contribution >= 4 is 35.4 Å². The Balaban J connectivity index is 1.06. The van der Waals surface area contributed by atoms with E-state index in [1.165, 1.54) is 25.3 Å². The number of methoxy groups -OCH3 is 2. The second-order valence-electron chi connectivity index (χ2n) is 16.9. The molecule has 3 aliphatic heterocycles. The van der Waals surface area contributed by atoms with Gasteiger partial charge in [-0.1, -0.05) is 39.8 Å². The zero-order valence-electron chi connectivity index (χ0n) is 35.9. The average Bonchev–Trinajstić information content (AvgIpc) is 4.07. The van der Waals surface area contributed by atoms with Crippen LogP contribution in [0.15, 0.2) is 48.8 Å². The highest BCUT2D eigenvalue weighted by Crippen LogP contribution is 2.38. The Labute approximate surface area is 351 Å². The van der Waals surface area contributed by atoms with Crippen LogP contribution < -0.4 is 20.4 Å². The number of hydrogen-bond acceptors (Lipinski definition) is 10. The number of fused-ring (bicyclic) bond motifs is 2. The minimum atomic E-state index is -0.695. The molecule has 2 aromatic heterocycles. The molecule has 4 atom stereocenters. The molecule has 5 heterocycles. The van der Waals surface area contributed by atoms with Gasteiger partial charge in [0, 0.05) is 62.8 Å². The quantitative estimate of drug-likeness (QED) is 0.145. The Morgan fingerprint density at radius 1 is 0.667 bits per heavy atom. The average molecular weight is 823 g/mol. The number of carbonyl (C=O) groups excluding carboxylic acids is 4. The summed E-state index contributed by atoms with van der Waals surface area (Å²) >= 11 is 0. The van der Waals surface area contributed by atoms with Crippen molar-refractivity contribution < 1.29 is 28.7 Å². The molecule has 0 unspecified atom stereocenters. The van der Waals surface area contributed by atoms with Crippen LogP contribution in [0.2, 0.25) is 0 Å². The molecule has 4 N–H and O–H groups in total. The van der Waals surface area contributed by atoms with E-state index in [9.17, 15) is 19.2 Å². The van der Waals surface area contributed by atoms with Gasteiger partial charge in [0.25, 0.3) is 0 Å². The van der Waals surface area contributed by atoms with Crippen molar-refractivity contribution in [1.29, 1.82) is 0 Å². The van der Waals surface area contributed by atoms with E-state index < -0.39 is 24.3 Å². The summed E-state index contributed by atoms with van der Waals surface area (Å²) in [6, 6.07) is 11.1. The minimum Gasteiger partial charge on any atom is -0.453 e. The van der Waals surface area contributed by atoms with E-state index in [1.54, 1.807) is 0 Å². The third-order valence-electron chi connectivity index (χ3n) is 12.1. The summed E-state index contributed by atoms with van der Waals surface area (Å²) in [6.45, 7) is 10.2. The molecule has 0 saturated carbocycles. The van der Waals surface area contributed by atoms with Crippen molar-refractivity contribution in [2.24, 2.45) is 11.8 Å². The maximum Gasteiger partial charge on any atom is 0.407 e. The number of amides is 4. The number of ether oxygens (including phenoxy) is 2. The number of nitrogens with zero attached hydrogens (tertiary/aromatic N) is 6. The van der Waals surface area contributed by atoms with Gasteiger partial charge >= 0.3 is 12.2 Å². The number of alkyl carbamates (subject to hydrolysis) is 2. The number of likely N-dealkylation sites (tertiary alicyclic amines) is 2. The van der Waals surface area contributed by atoms with Crippen molar-refractivity contribution in [2.75, 3.05) is 51.2 Å². The first-order valence-corrected chi connectivity index (χ1v) is 20.9. The van der Waals surface area contributed by atoms with Crippen molar-refractivity contribution in [2.45, 2.75) is 90.6 Å². The summed E-state index contributed by atoms with van der Waals surface area (Å²) in [5.74, 6) is 0.962. The molecule has 16 heteroatoms. The molecule has 7 rings (SSSR count). The van der Waals surface area contributed by atoms with Crippen LogP contribution in [0.4, 0.5) is 21.0 Å². The first kappa shape index (κ1) is 42.1. The van der Waals surface area contributed by atoms with Crippen molar-refractivity contribution in [3.05, 3.63) is 71.6 Å². The fourth-order valence-electron chi connectivity index (χ4n) is 8.88. The first-order chi connectivity index (χ1) is 28.8. The number of H-pyrrole nitrogens is 2. The fraction of sp³-hybridized carbons (Fsp3) is 0.500. The largest absolute Gasteiger partial charge is 0.453 e. The monoisotopic (exact) mass is 822 g/mol. The molecule has 3 aliphatic rings. The highest BCUT2D eigenvalue weighted by atomic mass is 16.5. The van der Waals surface area contributed by atoms with Gasteiger partial charge < -0.3 is 49.7 Å². The summed E-state index contributed by atoms with van der Waals surface area (Å²) in [7, 11) is 6.81. The van der Waals surface area contributed by atoms with Gasteiger partial charge in [-0.2, -0.15) is 0 Å². The van der Waals surface area contributed by atoms with Crippen molar-refractivity contribution in [1.82, 2.24) is 40.4 Å². The normalized spacial score (nSPS) is 18.8. The van der Waals surface area contributed by atoms with E-state index >= 15 is 0 Å². The van der Waals surface area contributed by atoms with Gasteiger partial charge in [-0.05, 0) is 72.9 Å². The van der Waals surface area contributed by atoms with Crippen molar-refractivity contribution in [3.63, 3.8) is 0 Å². The predicted molar refractivity (Wildman–Crippen MR) is 228 cm³/mol. The molecule has 2 saturated heterocycles. The lowest BCUT2D eigenvalue weighted by molar-refractivity contribution is -0.136. The maximum absolute atomic E-state index is 13.7. The minimum absolute atomic E-state index is 0.111. The third-order valence-corrected chi connectivity index (χ3v) is 12.1.